The number of nitrogens with zero attached hydrogens (tertiary/aromatic N) is 3. The zero-order valence-corrected chi connectivity index (χ0v) is 7.30. The van der Waals surface area contributed by atoms with Crippen LogP contribution in [0.4, 0.5) is 0 Å². The molecule has 6 heteroatoms. The van der Waals surface area contributed by atoms with E-state index in [0.717, 1.165) is 0 Å². The SMILES string of the molecule is COC(=O)c1cn(CCCO)nn1. The van der Waals surface area contributed by atoms with Gasteiger partial charge in [0.2, 0.25) is 0 Å². The van der Waals surface area contributed by atoms with Crippen LogP contribution in [0.2, 0.25) is 0 Å². The van der Waals surface area contributed by atoms with Gasteiger partial charge in [-0.25, -0.2) is 4.79 Å². The van der Waals surface area contributed by atoms with Gasteiger partial charge in [-0.3, -0.25) is 4.68 Å². The summed E-state index contributed by atoms with van der Waals surface area (Å²) >= 11 is 0. The Hall–Kier alpha value is -1.43. The molecule has 0 amide bonds. The van der Waals surface area contributed by atoms with Crippen molar-refractivity contribution in [2.75, 3.05) is 13.7 Å². The molecule has 13 heavy (non-hydrogen) atoms. The second-order valence-corrected chi connectivity index (χ2v) is 2.44. The molecule has 0 aliphatic heterocycles. The number of aryl methyl sites for hydroxylation is 1. The van der Waals surface area contributed by atoms with E-state index in [9.17, 15) is 4.79 Å². The molecular formula is C7H11N3O3. The molecular weight excluding hydrogens is 174 g/mol. The van der Waals surface area contributed by atoms with Crippen molar-refractivity contribution in [3.05, 3.63) is 11.9 Å². The molecule has 6 nitrogen and oxygen atoms in total. The van der Waals surface area contributed by atoms with Crippen LogP contribution in [-0.4, -0.2) is 39.8 Å². The minimum atomic E-state index is -0.504. The Morgan fingerprint density at radius 1 is 1.77 bits per heavy atom. The first-order valence-electron chi connectivity index (χ1n) is 3.87. The van der Waals surface area contributed by atoms with E-state index in [4.69, 9.17) is 5.11 Å². The van der Waals surface area contributed by atoms with Crippen molar-refractivity contribution in [2.45, 2.75) is 13.0 Å². The maximum absolute atomic E-state index is 10.9. The molecule has 72 valence electrons. The van der Waals surface area contributed by atoms with Gasteiger partial charge < -0.3 is 9.84 Å². The molecule has 1 N–H and O–H groups in total. The molecule has 0 saturated heterocycles. The number of carbonyl (C=O) groups excluding carboxylic acids is 1. The molecule has 1 aromatic heterocycles. The van der Waals surface area contributed by atoms with Crippen molar-refractivity contribution in [2.24, 2.45) is 0 Å². The Kier molecular flexibility index (Phi) is 3.39. The van der Waals surface area contributed by atoms with E-state index >= 15 is 0 Å². The van der Waals surface area contributed by atoms with Crippen molar-refractivity contribution in [1.29, 1.82) is 0 Å². The van der Waals surface area contributed by atoms with Gasteiger partial charge in [-0.1, -0.05) is 5.21 Å². The van der Waals surface area contributed by atoms with Gasteiger partial charge >= 0.3 is 5.97 Å². The van der Waals surface area contributed by atoms with Crippen molar-refractivity contribution in [1.82, 2.24) is 15.0 Å². The maximum Gasteiger partial charge on any atom is 0.360 e. The van der Waals surface area contributed by atoms with Crippen LogP contribution < -0.4 is 0 Å². The average molecular weight is 185 g/mol. The molecule has 1 heterocycles. The van der Waals surface area contributed by atoms with Crippen LogP contribution in [0.15, 0.2) is 6.20 Å². The van der Waals surface area contributed by atoms with Crippen LogP contribution >= 0.6 is 0 Å². The molecule has 0 bridgehead atoms. The van der Waals surface area contributed by atoms with E-state index in [1.165, 1.54) is 18.0 Å². The number of methoxy groups -OCH3 is 1. The monoisotopic (exact) mass is 185 g/mol. The lowest BCUT2D eigenvalue weighted by Gasteiger charge is -1.94. The van der Waals surface area contributed by atoms with Gasteiger partial charge in [-0.05, 0) is 6.42 Å². The molecule has 0 aromatic carbocycles. The highest BCUT2D eigenvalue weighted by atomic mass is 16.5. The first-order valence-corrected chi connectivity index (χ1v) is 3.87. The number of aliphatic hydroxyl groups excluding tert-OH is 1. The summed E-state index contributed by atoms with van der Waals surface area (Å²) in [7, 11) is 1.29. The number of aromatic nitrogens is 3. The van der Waals surface area contributed by atoms with Crippen molar-refractivity contribution in [3.8, 4) is 0 Å². The summed E-state index contributed by atoms with van der Waals surface area (Å²) in [5, 5.41) is 15.8. The Morgan fingerprint density at radius 2 is 2.54 bits per heavy atom. The summed E-state index contributed by atoms with van der Waals surface area (Å²) in [6.45, 7) is 0.633. The number of ether oxygens (including phenoxy) is 1. The summed E-state index contributed by atoms with van der Waals surface area (Å²) in [6.07, 6.45) is 2.07. The summed E-state index contributed by atoms with van der Waals surface area (Å²) in [6, 6.07) is 0. The zero-order valence-electron chi connectivity index (χ0n) is 7.30. The average Bonchev–Trinajstić information content (AvgIpc) is 2.62. The predicted octanol–water partition coefficient (Wildman–Crippen LogP) is -0.553. The number of hydrogen-bond donors (Lipinski definition) is 1. The molecule has 0 saturated carbocycles. The Labute approximate surface area is 75.1 Å². The van der Waals surface area contributed by atoms with E-state index < -0.39 is 5.97 Å². The molecule has 0 aliphatic rings. The molecule has 1 aromatic rings. The van der Waals surface area contributed by atoms with Gasteiger partial charge in [0, 0.05) is 13.2 Å². The number of rotatable bonds is 4. The molecule has 0 spiro atoms. The maximum atomic E-state index is 10.9. The van der Waals surface area contributed by atoms with Crippen LogP contribution in [0.25, 0.3) is 0 Å². The van der Waals surface area contributed by atoms with Crippen LogP contribution in [-0.2, 0) is 11.3 Å². The first kappa shape index (κ1) is 9.66. The summed E-state index contributed by atoms with van der Waals surface area (Å²) < 4.78 is 5.94. The molecule has 0 aliphatic carbocycles. The van der Waals surface area contributed by atoms with Gasteiger partial charge in [0.25, 0.3) is 0 Å². The van der Waals surface area contributed by atoms with E-state index in [-0.39, 0.29) is 12.3 Å². The second-order valence-electron chi connectivity index (χ2n) is 2.44. The highest BCUT2D eigenvalue weighted by molar-refractivity contribution is 5.86. The third-order valence-corrected chi connectivity index (χ3v) is 1.48. The van der Waals surface area contributed by atoms with Gasteiger partial charge in [0.1, 0.15) is 0 Å². The number of aliphatic hydroxyl groups is 1. The summed E-state index contributed by atoms with van der Waals surface area (Å²) in [5.41, 5.74) is 0.181. The molecule has 0 unspecified atom stereocenters. The third-order valence-electron chi connectivity index (χ3n) is 1.48. The quantitative estimate of drug-likeness (QED) is 0.636. The molecule has 0 atom stereocenters. The summed E-state index contributed by atoms with van der Waals surface area (Å²) in [4.78, 5) is 10.9. The fraction of sp³-hybridized carbons (Fsp3) is 0.571. The first-order chi connectivity index (χ1) is 6.27. The van der Waals surface area contributed by atoms with Crippen LogP contribution in [0.1, 0.15) is 16.9 Å². The van der Waals surface area contributed by atoms with Crippen LogP contribution in [0.3, 0.4) is 0 Å². The number of esters is 1. The van der Waals surface area contributed by atoms with E-state index in [0.29, 0.717) is 13.0 Å². The van der Waals surface area contributed by atoms with Crippen molar-refractivity contribution >= 4 is 5.97 Å². The van der Waals surface area contributed by atoms with Crippen LogP contribution in [0, 0.1) is 0 Å². The van der Waals surface area contributed by atoms with E-state index in [1.807, 2.05) is 0 Å². The third kappa shape index (κ3) is 2.51. The molecule has 0 radical (unpaired) electrons. The minimum absolute atomic E-state index is 0.0907. The van der Waals surface area contributed by atoms with E-state index in [1.54, 1.807) is 0 Å². The predicted molar refractivity (Wildman–Crippen MR) is 43.1 cm³/mol. The normalized spacial score (nSPS) is 10.0. The lowest BCUT2D eigenvalue weighted by atomic mass is 10.4. The molecule has 0 fully saturated rings. The van der Waals surface area contributed by atoms with Gasteiger partial charge in [-0.15, -0.1) is 5.10 Å². The van der Waals surface area contributed by atoms with Crippen LogP contribution in [0.5, 0.6) is 0 Å². The van der Waals surface area contributed by atoms with Crippen molar-refractivity contribution in [3.63, 3.8) is 0 Å². The summed E-state index contributed by atoms with van der Waals surface area (Å²) in [5.74, 6) is -0.504. The number of carbonyl (C=O) groups is 1. The lowest BCUT2D eigenvalue weighted by Crippen LogP contribution is -2.02. The Bertz CT molecular complexity index is 284. The smallest absolute Gasteiger partial charge is 0.360 e. The molecule has 1 rings (SSSR count). The second kappa shape index (κ2) is 4.56. The van der Waals surface area contributed by atoms with Crippen molar-refractivity contribution < 1.29 is 14.6 Å². The minimum Gasteiger partial charge on any atom is -0.464 e. The van der Waals surface area contributed by atoms with Gasteiger partial charge in [0.05, 0.1) is 13.3 Å². The largest absolute Gasteiger partial charge is 0.464 e. The highest BCUT2D eigenvalue weighted by Crippen LogP contribution is 1.96. The Balaban J connectivity index is 2.58. The number of hydrogen-bond acceptors (Lipinski definition) is 5. The fourth-order valence-corrected chi connectivity index (χ4v) is 0.838. The fourth-order valence-electron chi connectivity index (χ4n) is 0.838. The Morgan fingerprint density at radius 3 is 3.15 bits per heavy atom. The van der Waals surface area contributed by atoms with Gasteiger partial charge in [-0.2, -0.15) is 0 Å². The van der Waals surface area contributed by atoms with E-state index in [2.05, 4.69) is 15.0 Å². The topological polar surface area (TPSA) is 77.2 Å². The zero-order chi connectivity index (χ0) is 9.68. The lowest BCUT2D eigenvalue weighted by molar-refractivity contribution is 0.0594. The highest BCUT2D eigenvalue weighted by Gasteiger charge is 2.09. The van der Waals surface area contributed by atoms with Gasteiger partial charge in [0.15, 0.2) is 5.69 Å². The standard InChI is InChI=1S/C7H11N3O3/c1-13-7(12)6-5-10(9-8-6)3-2-4-11/h5,11H,2-4H2,1H3.